The normalized spacial score (nSPS) is 7.60. The van der Waals surface area contributed by atoms with Crippen LogP contribution in [-0.4, -0.2) is 0 Å². The molecule has 10 heavy (non-hydrogen) atoms. The SMILES string of the molecule is C[C-](C)C.[Tb].c1cc[cH-]c1. The maximum Gasteiger partial charge on any atom is 0 e. The summed E-state index contributed by atoms with van der Waals surface area (Å²) >= 11 is 0. The molecule has 1 aromatic carbocycles. The summed E-state index contributed by atoms with van der Waals surface area (Å²) in [7, 11) is 0. The molecule has 1 aromatic rings. The van der Waals surface area contributed by atoms with Gasteiger partial charge in [0.15, 0.2) is 0 Å². The quantitative estimate of drug-likeness (QED) is 0.641. The van der Waals surface area contributed by atoms with Crippen LogP contribution in [0, 0.1) is 44.5 Å². The van der Waals surface area contributed by atoms with Crippen LogP contribution in [0.5, 0.6) is 0 Å². The Hall–Kier alpha value is 0.636. The molecule has 0 aliphatic heterocycles. The van der Waals surface area contributed by atoms with E-state index in [1.54, 1.807) is 0 Å². The first kappa shape index (κ1) is 13.2. The van der Waals surface area contributed by atoms with E-state index in [9.17, 15) is 0 Å². The van der Waals surface area contributed by atoms with E-state index in [1.165, 1.54) is 5.92 Å². The topological polar surface area (TPSA) is 0 Å². The summed E-state index contributed by atoms with van der Waals surface area (Å²) < 4.78 is 0. The van der Waals surface area contributed by atoms with Crippen molar-refractivity contribution in [2.75, 3.05) is 0 Å². The second kappa shape index (κ2) is 9.64. The van der Waals surface area contributed by atoms with E-state index in [0.29, 0.717) is 0 Å². The smallest absolute Gasteiger partial charge is 0 e. The minimum Gasteiger partial charge on any atom is -0.323 e. The van der Waals surface area contributed by atoms with E-state index in [2.05, 4.69) is 20.8 Å². The van der Waals surface area contributed by atoms with Crippen molar-refractivity contribution in [3.05, 3.63) is 36.2 Å². The van der Waals surface area contributed by atoms with Crippen molar-refractivity contribution in [1.82, 2.24) is 0 Å². The third kappa shape index (κ3) is 15.9. The molecule has 0 amide bonds. The largest absolute Gasteiger partial charge is 0.323 e. The molecular formula is C9H14Tb-2. The Morgan fingerprint density at radius 3 is 1.40 bits per heavy atom. The molecule has 0 heterocycles. The first-order chi connectivity index (χ1) is 4.23. The predicted octanol–water partition coefficient (Wildman–Crippen LogP) is 3.03. The van der Waals surface area contributed by atoms with Crippen molar-refractivity contribution in [2.24, 2.45) is 0 Å². The van der Waals surface area contributed by atoms with Crippen LogP contribution in [-0.2, 0) is 0 Å². The summed E-state index contributed by atoms with van der Waals surface area (Å²) in [5.74, 6) is 1.42. The molecule has 0 N–H and O–H groups in total. The fourth-order valence-electron chi connectivity index (χ4n) is 0.321. The van der Waals surface area contributed by atoms with Gasteiger partial charge in [0.1, 0.15) is 0 Å². The summed E-state index contributed by atoms with van der Waals surface area (Å²) in [5.41, 5.74) is 0. The van der Waals surface area contributed by atoms with Crippen LogP contribution in [0.3, 0.4) is 0 Å². The Kier molecular flexibility index (Phi) is 12.8. The molecule has 0 aromatic heterocycles. The molecule has 0 aliphatic rings. The Labute approximate surface area is 94.8 Å². The van der Waals surface area contributed by atoms with Gasteiger partial charge in [-0.15, -0.1) is 0 Å². The summed E-state index contributed by atoms with van der Waals surface area (Å²) in [6.07, 6.45) is 0. The third-order valence-electron chi connectivity index (χ3n) is 0.556. The van der Waals surface area contributed by atoms with Gasteiger partial charge in [-0.1, -0.05) is 0 Å². The van der Waals surface area contributed by atoms with Gasteiger partial charge in [-0.2, -0.15) is 39.0 Å². The van der Waals surface area contributed by atoms with Crippen LogP contribution >= 0.6 is 0 Å². The van der Waals surface area contributed by atoms with Crippen molar-refractivity contribution < 1.29 is 38.6 Å². The fourth-order valence-corrected chi connectivity index (χ4v) is 0.321. The van der Waals surface area contributed by atoms with Crippen LogP contribution in [0.15, 0.2) is 30.3 Å². The van der Waals surface area contributed by atoms with Gasteiger partial charge in [-0.05, 0) is 0 Å². The maximum atomic E-state index is 2.08. The molecule has 0 bridgehead atoms. The van der Waals surface area contributed by atoms with Gasteiger partial charge in [0.2, 0.25) is 0 Å². The zero-order valence-corrected chi connectivity index (χ0v) is 8.86. The minimum atomic E-state index is 0. The molecule has 0 spiro atoms. The van der Waals surface area contributed by atoms with Crippen molar-refractivity contribution in [1.29, 1.82) is 0 Å². The van der Waals surface area contributed by atoms with Gasteiger partial charge in [0.05, 0.1) is 0 Å². The molecule has 0 atom stereocenters. The second-order valence-corrected chi connectivity index (χ2v) is 2.46. The molecule has 0 nitrogen and oxygen atoms in total. The van der Waals surface area contributed by atoms with Crippen molar-refractivity contribution in [3.8, 4) is 0 Å². The Bertz CT molecular complexity index is 88.3. The molecule has 61 valence electrons. The third-order valence-corrected chi connectivity index (χ3v) is 0.556. The summed E-state index contributed by atoms with van der Waals surface area (Å²) in [6.45, 7) is 6.25. The van der Waals surface area contributed by atoms with E-state index < -0.39 is 0 Å². The number of hydrogen-bond acceptors (Lipinski definition) is 0. The van der Waals surface area contributed by atoms with Gasteiger partial charge in [-0.25, -0.2) is 12.1 Å². The second-order valence-electron chi connectivity index (χ2n) is 2.46. The van der Waals surface area contributed by atoms with Crippen molar-refractivity contribution in [2.45, 2.75) is 20.8 Å². The van der Waals surface area contributed by atoms with Crippen LogP contribution in [0.25, 0.3) is 0 Å². The summed E-state index contributed by atoms with van der Waals surface area (Å²) in [5, 5.41) is 0. The van der Waals surface area contributed by atoms with E-state index in [4.69, 9.17) is 0 Å². The van der Waals surface area contributed by atoms with Gasteiger partial charge >= 0.3 is 0 Å². The Balaban J connectivity index is 0. The number of rotatable bonds is 0. The average Bonchev–Trinajstić information content (AvgIpc) is 2.11. The Morgan fingerprint density at radius 1 is 1.00 bits per heavy atom. The molecule has 0 aliphatic carbocycles. The molecule has 1 heteroatoms. The van der Waals surface area contributed by atoms with Crippen LogP contribution in [0.2, 0.25) is 0 Å². The van der Waals surface area contributed by atoms with E-state index >= 15 is 0 Å². The fraction of sp³-hybridized carbons (Fsp3) is 0.333. The van der Waals surface area contributed by atoms with Gasteiger partial charge in [0.25, 0.3) is 0 Å². The van der Waals surface area contributed by atoms with E-state index in [0.717, 1.165) is 0 Å². The molecule has 0 saturated heterocycles. The first-order valence-corrected chi connectivity index (χ1v) is 3.17. The van der Waals surface area contributed by atoms with Crippen LogP contribution in [0.1, 0.15) is 20.8 Å². The number of hydrogen-bond donors (Lipinski definition) is 0. The zero-order chi connectivity index (χ0) is 7.11. The monoisotopic (exact) mass is 281 g/mol. The molecule has 0 unspecified atom stereocenters. The van der Waals surface area contributed by atoms with Crippen LogP contribution < -0.4 is 0 Å². The zero-order valence-electron chi connectivity index (χ0n) is 6.72. The molecular weight excluding hydrogens is 267 g/mol. The molecule has 1 radical (unpaired) electrons. The minimum absolute atomic E-state index is 0. The van der Waals surface area contributed by atoms with E-state index in [-0.39, 0.29) is 38.6 Å². The van der Waals surface area contributed by atoms with Gasteiger partial charge in [-0.3, -0.25) is 0 Å². The van der Waals surface area contributed by atoms with Crippen LogP contribution in [0.4, 0.5) is 0 Å². The molecule has 1 rings (SSSR count). The summed E-state index contributed by atoms with van der Waals surface area (Å²) in [6, 6.07) is 10.0. The van der Waals surface area contributed by atoms with Gasteiger partial charge in [0, 0.05) is 38.6 Å². The Morgan fingerprint density at radius 2 is 1.30 bits per heavy atom. The average molecular weight is 281 g/mol. The van der Waals surface area contributed by atoms with Crippen molar-refractivity contribution >= 4 is 0 Å². The predicted molar refractivity (Wildman–Crippen MR) is 42.3 cm³/mol. The van der Waals surface area contributed by atoms with Crippen molar-refractivity contribution in [3.63, 3.8) is 0 Å². The first-order valence-electron chi connectivity index (χ1n) is 3.17. The van der Waals surface area contributed by atoms with Gasteiger partial charge < -0.3 is 5.92 Å². The standard InChI is InChI=1S/C5H5.C4H9.Tb/c1-2-4-5-3-1;1-4(2)3;/h1-5H;1-3H3;/q2*-1;. The molecule has 0 saturated carbocycles. The molecule has 0 fully saturated rings. The maximum absolute atomic E-state index is 2.08. The van der Waals surface area contributed by atoms with E-state index in [1.807, 2.05) is 30.3 Å². The summed E-state index contributed by atoms with van der Waals surface area (Å²) in [4.78, 5) is 0.